The van der Waals surface area contributed by atoms with Crippen molar-refractivity contribution in [2.45, 2.75) is 101 Å². The molecule has 2 aliphatic carbocycles. The Labute approximate surface area is 338 Å². The molecule has 312 valence electrons. The number of fused-ring (bicyclic) bond motifs is 4. The fourth-order valence-corrected chi connectivity index (χ4v) is 10.0. The Morgan fingerprint density at radius 1 is 1.03 bits per heavy atom. The van der Waals surface area contributed by atoms with Crippen molar-refractivity contribution in [2.75, 3.05) is 26.7 Å². The maximum absolute atomic E-state index is 15.0. The van der Waals surface area contributed by atoms with E-state index in [0.29, 0.717) is 37.9 Å². The van der Waals surface area contributed by atoms with Crippen LogP contribution in [0.5, 0.6) is 5.75 Å². The number of amides is 4. The summed E-state index contributed by atoms with van der Waals surface area (Å²) < 4.78 is 53.8. The first-order chi connectivity index (χ1) is 27.5. The lowest BCUT2D eigenvalue weighted by atomic mass is 9.92. The zero-order valence-corrected chi connectivity index (χ0v) is 34.2. The Bertz CT molecular complexity index is 2120. The smallest absolute Gasteiger partial charge is 0.307 e. The molecule has 4 fully saturated rings. The van der Waals surface area contributed by atoms with Crippen molar-refractivity contribution in [2.24, 2.45) is 23.7 Å². The number of halogens is 1. The highest BCUT2D eigenvalue weighted by Gasteiger charge is 2.63. The highest BCUT2D eigenvalue weighted by Crippen LogP contribution is 2.47. The summed E-state index contributed by atoms with van der Waals surface area (Å²) in [5.41, 5.74) is -1.81. The number of methoxy groups -OCH3 is 1. The molecule has 0 bridgehead atoms. The molecule has 2 N–H and O–H groups in total. The number of ether oxygens (including phenoxy) is 2. The number of esters is 1. The molecule has 3 aliphatic heterocycles. The first-order valence-corrected chi connectivity index (χ1v) is 21.7. The number of hydrogen-bond donors (Lipinski definition) is 2. The van der Waals surface area contributed by atoms with Gasteiger partial charge in [0.25, 0.3) is 11.8 Å². The van der Waals surface area contributed by atoms with Gasteiger partial charge in [0.2, 0.25) is 21.8 Å². The molecule has 0 radical (unpaired) electrons. The summed E-state index contributed by atoms with van der Waals surface area (Å²) in [5.74, 6) is -5.17. The number of sulfonamides is 1. The maximum atomic E-state index is 15.0. The summed E-state index contributed by atoms with van der Waals surface area (Å²) in [6.07, 6.45) is 8.01. The average molecular weight is 822 g/mol. The Morgan fingerprint density at radius 2 is 1.81 bits per heavy atom. The van der Waals surface area contributed by atoms with Gasteiger partial charge in [0.1, 0.15) is 34.4 Å². The van der Waals surface area contributed by atoms with Crippen LogP contribution in [0.2, 0.25) is 0 Å². The van der Waals surface area contributed by atoms with E-state index in [1.807, 2.05) is 12.2 Å². The first-order valence-electron chi connectivity index (χ1n) is 20.2. The van der Waals surface area contributed by atoms with Gasteiger partial charge in [0.05, 0.1) is 24.5 Å². The molecule has 0 spiro atoms. The summed E-state index contributed by atoms with van der Waals surface area (Å²) in [7, 11) is -2.50. The molecule has 58 heavy (non-hydrogen) atoms. The van der Waals surface area contributed by atoms with Gasteiger partial charge in [-0.15, -0.1) is 0 Å². The lowest BCUT2D eigenvalue weighted by Crippen LogP contribution is -2.58. The average Bonchev–Trinajstić information content (AvgIpc) is 4.06. The second-order valence-electron chi connectivity index (χ2n) is 17.3. The molecule has 6 atom stereocenters. The van der Waals surface area contributed by atoms with E-state index >= 15 is 0 Å². The molecule has 5 aliphatic rings. The van der Waals surface area contributed by atoms with E-state index in [1.54, 1.807) is 43.9 Å². The molecule has 1 aromatic carbocycles. The quantitative estimate of drug-likeness (QED) is 0.290. The number of likely N-dealkylation sites (tertiary alicyclic amines) is 1. The number of carbonyl (C=O) groups excluding carboxylic acids is 5. The van der Waals surface area contributed by atoms with Crippen LogP contribution in [-0.4, -0.2) is 102 Å². The number of carbonyl (C=O) groups is 5. The number of pyridine rings is 1. The van der Waals surface area contributed by atoms with E-state index < -0.39 is 79.7 Å². The van der Waals surface area contributed by atoms with Gasteiger partial charge < -0.3 is 24.6 Å². The second kappa shape index (κ2) is 16.1. The van der Waals surface area contributed by atoms with Crippen LogP contribution in [0, 0.1) is 29.5 Å². The standard InChI is InChI=1S/C42H52FN5O9S/c1-41(2,3)57-35(49)19-25-11-8-6-5-7-9-12-27-21-42(27,40(53)46-58(54,55)29-16-17-29)45-37(50)36-31-24-47(22-26(31)23-48(36)38(25)51)39(52)34-14-10-13-33(44-34)30-18-15-28(56-4)20-32(30)43/h9-10,12-15,18,20,25-27,29,31,36H,5-8,11,16-17,19,21-24H2,1-4H3,(H,45,50)(H,46,53)/b12-9-/t25-,26+,27-,31+,36+,42-/m1/s1. The van der Waals surface area contributed by atoms with Crippen LogP contribution >= 0.6 is 0 Å². The molecule has 4 amide bonds. The van der Waals surface area contributed by atoms with Gasteiger partial charge in [-0.25, -0.2) is 17.8 Å². The maximum Gasteiger partial charge on any atom is 0.307 e. The summed E-state index contributed by atoms with van der Waals surface area (Å²) in [6.45, 7) is 5.63. The van der Waals surface area contributed by atoms with Gasteiger partial charge in [0.15, 0.2) is 0 Å². The van der Waals surface area contributed by atoms with Gasteiger partial charge in [-0.3, -0.25) is 28.7 Å². The number of hydrogen-bond acceptors (Lipinski definition) is 10. The molecule has 0 unspecified atom stereocenters. The summed E-state index contributed by atoms with van der Waals surface area (Å²) in [5, 5.41) is 2.26. The minimum absolute atomic E-state index is 0.0729. The monoisotopic (exact) mass is 821 g/mol. The van der Waals surface area contributed by atoms with Crippen molar-refractivity contribution in [1.29, 1.82) is 0 Å². The van der Waals surface area contributed by atoms with Crippen molar-refractivity contribution < 1.29 is 46.3 Å². The molecular weight excluding hydrogens is 770 g/mol. The lowest BCUT2D eigenvalue weighted by molar-refractivity contribution is -0.159. The molecular formula is C42H52FN5O9S. The molecule has 2 saturated carbocycles. The minimum Gasteiger partial charge on any atom is -0.497 e. The number of nitrogens with zero attached hydrogens (tertiary/aromatic N) is 3. The number of allylic oxidation sites excluding steroid dienone is 1. The van der Waals surface area contributed by atoms with Crippen LogP contribution in [0.25, 0.3) is 11.3 Å². The largest absolute Gasteiger partial charge is 0.497 e. The number of aromatic nitrogens is 1. The molecule has 16 heteroatoms. The van der Waals surface area contributed by atoms with Gasteiger partial charge in [-0.1, -0.05) is 31.1 Å². The first kappa shape index (κ1) is 41.3. The fourth-order valence-electron chi connectivity index (χ4n) is 8.65. The van der Waals surface area contributed by atoms with Crippen LogP contribution in [0.15, 0.2) is 48.6 Å². The summed E-state index contributed by atoms with van der Waals surface area (Å²) in [4.78, 5) is 77.9. The van der Waals surface area contributed by atoms with Crippen LogP contribution in [0.4, 0.5) is 4.39 Å². The van der Waals surface area contributed by atoms with E-state index in [9.17, 15) is 36.8 Å². The van der Waals surface area contributed by atoms with Gasteiger partial charge in [-0.05, 0) is 83.6 Å². The summed E-state index contributed by atoms with van der Waals surface area (Å²) in [6, 6.07) is 7.97. The number of rotatable bonds is 8. The van der Waals surface area contributed by atoms with Gasteiger partial charge in [0, 0.05) is 54.9 Å². The second-order valence-corrected chi connectivity index (χ2v) is 19.3. The third-order valence-electron chi connectivity index (χ3n) is 11.9. The zero-order valence-electron chi connectivity index (χ0n) is 33.4. The Morgan fingerprint density at radius 3 is 2.52 bits per heavy atom. The predicted octanol–water partition coefficient (Wildman–Crippen LogP) is 4.15. The third kappa shape index (κ3) is 8.76. The van der Waals surface area contributed by atoms with Crippen LogP contribution in [0.1, 0.15) is 89.0 Å². The molecule has 1 aromatic heterocycles. The Hall–Kier alpha value is -4.86. The van der Waals surface area contributed by atoms with Crippen molar-refractivity contribution >= 4 is 39.6 Å². The van der Waals surface area contributed by atoms with Crippen molar-refractivity contribution in [3.63, 3.8) is 0 Å². The molecule has 14 nitrogen and oxygen atoms in total. The highest BCUT2D eigenvalue weighted by molar-refractivity contribution is 7.91. The summed E-state index contributed by atoms with van der Waals surface area (Å²) >= 11 is 0. The third-order valence-corrected chi connectivity index (χ3v) is 13.7. The van der Waals surface area contributed by atoms with E-state index in [-0.39, 0.29) is 61.3 Å². The van der Waals surface area contributed by atoms with Crippen molar-refractivity contribution in [3.05, 3.63) is 60.1 Å². The highest BCUT2D eigenvalue weighted by atomic mass is 32.2. The zero-order chi connectivity index (χ0) is 41.6. The molecule has 2 aromatic rings. The topological polar surface area (TPSA) is 181 Å². The number of benzene rings is 1. The minimum atomic E-state index is -3.93. The van der Waals surface area contributed by atoms with Crippen molar-refractivity contribution in [1.82, 2.24) is 24.8 Å². The Kier molecular flexibility index (Phi) is 11.4. The SMILES string of the molecule is COc1ccc(-c2cccc(C(=O)N3C[C@H]4CN5C(=O)[C@@H](CC(=O)OC(C)(C)C)CCCCC/C=C\[C@@H]6C[C@@]6(C(=O)NS(=O)(=O)C6CC6)NC(=O)[C@@H]5[C@H]4C3)n2)c(F)c1. The molecule has 7 rings (SSSR count). The van der Waals surface area contributed by atoms with E-state index in [4.69, 9.17) is 9.47 Å². The van der Waals surface area contributed by atoms with Crippen LogP contribution in [-0.2, 0) is 33.9 Å². The number of nitrogens with one attached hydrogen (secondary N) is 2. The van der Waals surface area contributed by atoms with Crippen LogP contribution in [0.3, 0.4) is 0 Å². The van der Waals surface area contributed by atoms with Crippen LogP contribution < -0.4 is 14.8 Å². The van der Waals surface area contributed by atoms with E-state index in [0.717, 1.165) is 12.8 Å². The fraction of sp³-hybridized carbons (Fsp3) is 0.571. The van der Waals surface area contributed by atoms with Crippen molar-refractivity contribution in [3.8, 4) is 17.0 Å². The van der Waals surface area contributed by atoms with Gasteiger partial charge >= 0.3 is 5.97 Å². The van der Waals surface area contributed by atoms with E-state index in [1.165, 1.54) is 30.2 Å². The lowest BCUT2D eigenvalue weighted by Gasteiger charge is -2.33. The Balaban J connectivity index is 1.18. The molecule has 2 saturated heterocycles. The molecule has 4 heterocycles. The van der Waals surface area contributed by atoms with Gasteiger partial charge in [-0.2, -0.15) is 0 Å². The normalized spacial score (nSPS) is 28.2. The van der Waals surface area contributed by atoms with E-state index in [2.05, 4.69) is 15.0 Å². The predicted molar refractivity (Wildman–Crippen MR) is 210 cm³/mol.